The lowest BCUT2D eigenvalue weighted by molar-refractivity contribution is -0.130. The molecule has 1 N–H and O–H groups in total. The fraction of sp³-hybridized carbons (Fsp3) is 0.524. The first-order chi connectivity index (χ1) is 12.6. The van der Waals surface area contributed by atoms with Crippen molar-refractivity contribution in [2.75, 3.05) is 32.1 Å². The smallest absolute Gasteiger partial charge is 0.290 e. The highest BCUT2D eigenvalue weighted by atomic mass is 16.5. The van der Waals surface area contributed by atoms with Gasteiger partial charge in [-0.05, 0) is 31.5 Å². The third kappa shape index (κ3) is 4.50. The van der Waals surface area contributed by atoms with E-state index in [2.05, 4.69) is 0 Å². The zero-order valence-electron chi connectivity index (χ0n) is 17.0. The van der Waals surface area contributed by atoms with Gasteiger partial charge in [-0.15, -0.1) is 0 Å². The molecule has 0 saturated carbocycles. The molecule has 1 amide bonds. The molecule has 1 aromatic rings. The number of benzene rings is 1. The Hall–Kier alpha value is -2.34. The highest BCUT2D eigenvalue weighted by Crippen LogP contribution is 2.39. The first kappa shape index (κ1) is 21.0. The Morgan fingerprint density at radius 2 is 1.78 bits per heavy atom. The van der Waals surface area contributed by atoms with Gasteiger partial charge in [-0.1, -0.05) is 26.0 Å². The van der Waals surface area contributed by atoms with Gasteiger partial charge in [-0.2, -0.15) is 0 Å². The first-order valence-electron chi connectivity index (χ1n) is 9.32. The van der Waals surface area contributed by atoms with Crippen molar-refractivity contribution in [2.45, 2.75) is 39.8 Å². The molecule has 0 aromatic heterocycles. The largest absolute Gasteiger partial charge is 0.503 e. The fourth-order valence-electron chi connectivity index (χ4n) is 3.14. The Balaban J connectivity index is 2.42. The van der Waals surface area contributed by atoms with Crippen LogP contribution in [0.1, 0.15) is 39.3 Å². The van der Waals surface area contributed by atoms with E-state index >= 15 is 0 Å². The van der Waals surface area contributed by atoms with E-state index in [1.54, 1.807) is 13.8 Å². The molecule has 1 aliphatic heterocycles. The number of ketones is 1. The highest BCUT2D eigenvalue weighted by Gasteiger charge is 2.43. The molecule has 0 radical (unpaired) electrons. The van der Waals surface area contributed by atoms with Gasteiger partial charge in [0.05, 0.1) is 24.3 Å². The van der Waals surface area contributed by atoms with E-state index in [4.69, 9.17) is 4.74 Å². The van der Waals surface area contributed by atoms with Crippen molar-refractivity contribution < 1.29 is 19.4 Å². The topological polar surface area (TPSA) is 70.1 Å². The molecule has 0 spiro atoms. The molecular formula is C21H30N2O4. The third-order valence-electron chi connectivity index (χ3n) is 4.60. The number of hydrogen-bond acceptors (Lipinski definition) is 5. The second-order valence-corrected chi connectivity index (χ2v) is 7.59. The monoisotopic (exact) mass is 374 g/mol. The molecular weight excluding hydrogens is 344 g/mol. The van der Waals surface area contributed by atoms with E-state index in [0.717, 1.165) is 11.3 Å². The SMILES string of the molecule is CC(C)OCCN1C(=O)C(O)=C(C(=O)C(C)C)C1c1ccc(N(C)C)cc1. The first-order valence-corrected chi connectivity index (χ1v) is 9.32. The third-order valence-corrected chi connectivity index (χ3v) is 4.60. The number of nitrogens with zero attached hydrogens (tertiary/aromatic N) is 2. The van der Waals surface area contributed by atoms with Crippen LogP contribution >= 0.6 is 0 Å². The predicted octanol–water partition coefficient (Wildman–Crippen LogP) is 3.10. The summed E-state index contributed by atoms with van der Waals surface area (Å²) >= 11 is 0. The van der Waals surface area contributed by atoms with Crippen LogP contribution in [0.15, 0.2) is 35.6 Å². The van der Waals surface area contributed by atoms with Gasteiger partial charge < -0.3 is 19.6 Å². The molecule has 0 aliphatic carbocycles. The van der Waals surface area contributed by atoms with E-state index in [-0.39, 0.29) is 23.4 Å². The second-order valence-electron chi connectivity index (χ2n) is 7.59. The van der Waals surface area contributed by atoms with Crippen molar-refractivity contribution in [2.24, 2.45) is 5.92 Å². The van der Waals surface area contributed by atoms with Gasteiger partial charge in [0.15, 0.2) is 11.5 Å². The Morgan fingerprint density at radius 1 is 1.19 bits per heavy atom. The lowest BCUT2D eigenvalue weighted by Gasteiger charge is -2.28. The normalized spacial score (nSPS) is 17.4. The molecule has 27 heavy (non-hydrogen) atoms. The zero-order chi connectivity index (χ0) is 20.3. The summed E-state index contributed by atoms with van der Waals surface area (Å²) in [5, 5.41) is 10.4. The van der Waals surface area contributed by atoms with E-state index < -0.39 is 17.7 Å². The van der Waals surface area contributed by atoms with Gasteiger partial charge in [-0.3, -0.25) is 9.59 Å². The Bertz CT molecular complexity index is 720. The van der Waals surface area contributed by atoms with Crippen LogP contribution in [0, 0.1) is 5.92 Å². The van der Waals surface area contributed by atoms with Crippen LogP contribution in [0.2, 0.25) is 0 Å². The molecule has 6 heteroatoms. The summed E-state index contributed by atoms with van der Waals surface area (Å²) in [5.74, 6) is -1.49. The minimum Gasteiger partial charge on any atom is -0.503 e. The Morgan fingerprint density at radius 3 is 2.26 bits per heavy atom. The van der Waals surface area contributed by atoms with Gasteiger partial charge in [0.1, 0.15) is 0 Å². The lowest BCUT2D eigenvalue weighted by Crippen LogP contribution is -2.34. The van der Waals surface area contributed by atoms with E-state index in [1.165, 1.54) is 4.90 Å². The summed E-state index contributed by atoms with van der Waals surface area (Å²) in [6.45, 7) is 8.02. The van der Waals surface area contributed by atoms with Crippen molar-refractivity contribution in [3.8, 4) is 0 Å². The van der Waals surface area contributed by atoms with Gasteiger partial charge in [0.25, 0.3) is 5.91 Å². The number of anilines is 1. The molecule has 0 saturated heterocycles. The number of hydrogen-bond donors (Lipinski definition) is 1. The molecule has 1 aliphatic rings. The zero-order valence-corrected chi connectivity index (χ0v) is 17.0. The predicted molar refractivity (Wildman–Crippen MR) is 106 cm³/mol. The average molecular weight is 374 g/mol. The Labute approximate surface area is 161 Å². The summed E-state index contributed by atoms with van der Waals surface area (Å²) < 4.78 is 5.58. The van der Waals surface area contributed by atoms with Gasteiger partial charge in [-0.25, -0.2) is 0 Å². The minimum atomic E-state index is -0.598. The maximum Gasteiger partial charge on any atom is 0.290 e. The number of rotatable bonds is 8. The second kappa shape index (κ2) is 8.57. The van der Waals surface area contributed by atoms with E-state index in [0.29, 0.717) is 13.2 Å². The lowest BCUT2D eigenvalue weighted by atomic mass is 9.91. The molecule has 1 unspecified atom stereocenters. The van der Waals surface area contributed by atoms with Gasteiger partial charge >= 0.3 is 0 Å². The summed E-state index contributed by atoms with van der Waals surface area (Å²) in [4.78, 5) is 28.9. The molecule has 6 nitrogen and oxygen atoms in total. The number of ether oxygens (including phenoxy) is 1. The van der Waals surface area contributed by atoms with E-state index in [1.807, 2.05) is 57.1 Å². The number of carbonyl (C=O) groups excluding carboxylic acids is 2. The molecule has 1 aromatic carbocycles. The van der Waals surface area contributed by atoms with Gasteiger partial charge in [0.2, 0.25) is 0 Å². The van der Waals surface area contributed by atoms with Crippen LogP contribution in [0.4, 0.5) is 5.69 Å². The van der Waals surface area contributed by atoms with Crippen molar-refractivity contribution >= 4 is 17.4 Å². The van der Waals surface area contributed by atoms with Crippen LogP contribution in [-0.4, -0.2) is 55.0 Å². The summed E-state index contributed by atoms with van der Waals surface area (Å²) in [6.07, 6.45) is 0.0406. The average Bonchev–Trinajstić information content (AvgIpc) is 2.85. The van der Waals surface area contributed by atoms with Crippen molar-refractivity contribution in [1.82, 2.24) is 4.90 Å². The molecule has 1 atom stereocenters. The summed E-state index contributed by atoms with van der Waals surface area (Å²) in [5.41, 5.74) is 1.99. The molecule has 148 valence electrons. The number of aliphatic hydroxyl groups is 1. The fourth-order valence-corrected chi connectivity index (χ4v) is 3.14. The van der Waals surface area contributed by atoms with Crippen molar-refractivity contribution in [3.63, 3.8) is 0 Å². The molecule has 2 rings (SSSR count). The number of amides is 1. The highest BCUT2D eigenvalue weighted by molar-refractivity contribution is 6.09. The summed E-state index contributed by atoms with van der Waals surface area (Å²) in [7, 11) is 3.90. The van der Waals surface area contributed by atoms with Crippen LogP contribution in [0.25, 0.3) is 0 Å². The van der Waals surface area contributed by atoms with Crippen molar-refractivity contribution in [1.29, 1.82) is 0 Å². The van der Waals surface area contributed by atoms with E-state index in [9.17, 15) is 14.7 Å². The molecule has 1 heterocycles. The Kier molecular flexibility index (Phi) is 6.65. The van der Waals surface area contributed by atoms with Crippen LogP contribution < -0.4 is 4.90 Å². The minimum absolute atomic E-state index is 0.0406. The van der Waals surface area contributed by atoms with Crippen LogP contribution in [0.5, 0.6) is 0 Å². The molecule has 0 fully saturated rings. The van der Waals surface area contributed by atoms with Gasteiger partial charge in [0, 0.05) is 32.2 Å². The molecule has 0 bridgehead atoms. The van der Waals surface area contributed by atoms with Crippen LogP contribution in [-0.2, 0) is 14.3 Å². The maximum absolute atomic E-state index is 12.8. The standard InChI is InChI=1S/C21H30N2O4/c1-13(2)19(24)17-18(15-7-9-16(10-8-15)22(5)6)23(21(26)20(17)25)11-12-27-14(3)4/h7-10,13-14,18,25H,11-12H2,1-6H3. The number of carbonyl (C=O) groups is 2. The number of aliphatic hydroxyl groups excluding tert-OH is 1. The van der Waals surface area contributed by atoms with Crippen LogP contribution in [0.3, 0.4) is 0 Å². The summed E-state index contributed by atoms with van der Waals surface area (Å²) in [6, 6.07) is 7.08. The quantitative estimate of drug-likeness (QED) is 0.757. The van der Waals surface area contributed by atoms with Crippen molar-refractivity contribution in [3.05, 3.63) is 41.2 Å². The number of Topliss-reactive ketones (excluding diaryl/α,β-unsaturated/α-hetero) is 1. The maximum atomic E-state index is 12.8.